The normalized spacial score (nSPS) is 11.0. The number of nitrogens with zero attached hydrogens (tertiary/aromatic N) is 2. The molecule has 3 aromatic rings. The summed E-state index contributed by atoms with van der Waals surface area (Å²) in [7, 11) is 1.61. The van der Waals surface area contributed by atoms with Crippen molar-refractivity contribution < 1.29 is 4.74 Å². The number of rotatable bonds is 5. The maximum absolute atomic E-state index is 5.16. The molecule has 0 fully saturated rings. The van der Waals surface area contributed by atoms with Gasteiger partial charge in [-0.05, 0) is 17.2 Å². The molecule has 3 rings (SSSR count). The van der Waals surface area contributed by atoms with Gasteiger partial charge in [0.05, 0.1) is 18.8 Å². The summed E-state index contributed by atoms with van der Waals surface area (Å²) in [5, 5.41) is 0. The van der Waals surface area contributed by atoms with Crippen LogP contribution in [0.4, 0.5) is 0 Å². The van der Waals surface area contributed by atoms with E-state index in [0.29, 0.717) is 5.88 Å². The third kappa shape index (κ3) is 3.83. The van der Waals surface area contributed by atoms with E-state index >= 15 is 0 Å². The molecule has 0 radical (unpaired) electrons. The molecule has 114 valence electrons. The van der Waals surface area contributed by atoms with Crippen LogP contribution in [0.2, 0.25) is 0 Å². The molecule has 0 bridgehead atoms. The van der Waals surface area contributed by atoms with Gasteiger partial charge < -0.3 is 4.74 Å². The van der Waals surface area contributed by atoms with Gasteiger partial charge in [0.15, 0.2) is 0 Å². The van der Waals surface area contributed by atoms with Crippen LogP contribution in [0.15, 0.2) is 83.9 Å². The quantitative estimate of drug-likeness (QED) is 0.659. The lowest BCUT2D eigenvalue weighted by atomic mass is 9.99. The lowest BCUT2D eigenvalue weighted by Crippen LogP contribution is -2.00. The van der Waals surface area contributed by atoms with E-state index in [0.717, 1.165) is 16.8 Å². The van der Waals surface area contributed by atoms with Crippen LogP contribution in [0.1, 0.15) is 22.9 Å². The predicted molar refractivity (Wildman–Crippen MR) is 93.1 cm³/mol. The molecule has 0 aliphatic heterocycles. The average Bonchev–Trinajstić information content (AvgIpc) is 2.64. The van der Waals surface area contributed by atoms with Crippen LogP contribution < -0.4 is 4.74 Å². The minimum atomic E-state index is -0.0506. The minimum absolute atomic E-state index is 0.0506. The van der Waals surface area contributed by atoms with Gasteiger partial charge in [0, 0.05) is 12.3 Å². The minimum Gasteiger partial charge on any atom is -0.481 e. The molecule has 0 saturated carbocycles. The van der Waals surface area contributed by atoms with Crippen LogP contribution >= 0.6 is 0 Å². The van der Waals surface area contributed by atoms with E-state index in [4.69, 9.17) is 9.73 Å². The Morgan fingerprint density at radius 2 is 1.43 bits per heavy atom. The van der Waals surface area contributed by atoms with Crippen molar-refractivity contribution in [2.75, 3.05) is 7.11 Å². The highest BCUT2D eigenvalue weighted by Gasteiger charge is 2.11. The van der Waals surface area contributed by atoms with Gasteiger partial charge in [-0.1, -0.05) is 66.7 Å². The second-order valence-corrected chi connectivity index (χ2v) is 5.11. The van der Waals surface area contributed by atoms with Crippen molar-refractivity contribution in [2.24, 2.45) is 4.99 Å². The number of benzene rings is 2. The van der Waals surface area contributed by atoms with Crippen molar-refractivity contribution in [3.63, 3.8) is 0 Å². The fourth-order valence-corrected chi connectivity index (χ4v) is 2.40. The van der Waals surface area contributed by atoms with Crippen molar-refractivity contribution in [1.29, 1.82) is 0 Å². The predicted octanol–water partition coefficient (Wildman–Crippen LogP) is 4.30. The number of hydrogen-bond acceptors (Lipinski definition) is 3. The fourth-order valence-electron chi connectivity index (χ4n) is 2.40. The van der Waals surface area contributed by atoms with Crippen LogP contribution in [-0.2, 0) is 0 Å². The van der Waals surface area contributed by atoms with Gasteiger partial charge in [0.25, 0.3) is 0 Å². The number of methoxy groups -OCH3 is 1. The SMILES string of the molecule is COc1cccc(C=NC(c2ccccc2)c2ccccc2)n1. The Balaban J connectivity index is 1.94. The Labute approximate surface area is 136 Å². The summed E-state index contributed by atoms with van der Waals surface area (Å²) in [5.41, 5.74) is 3.08. The number of aliphatic imine (C=N–C) groups is 1. The zero-order chi connectivity index (χ0) is 15.9. The van der Waals surface area contributed by atoms with Gasteiger partial charge >= 0.3 is 0 Å². The summed E-state index contributed by atoms with van der Waals surface area (Å²) in [4.78, 5) is 9.15. The van der Waals surface area contributed by atoms with E-state index in [-0.39, 0.29) is 6.04 Å². The number of pyridine rings is 1. The third-order valence-corrected chi connectivity index (χ3v) is 3.54. The van der Waals surface area contributed by atoms with Gasteiger partial charge in [-0.2, -0.15) is 0 Å². The van der Waals surface area contributed by atoms with Crippen molar-refractivity contribution in [3.8, 4) is 5.88 Å². The van der Waals surface area contributed by atoms with Crippen LogP contribution in [0.3, 0.4) is 0 Å². The van der Waals surface area contributed by atoms with Gasteiger partial charge in [-0.3, -0.25) is 4.99 Å². The molecule has 0 spiro atoms. The summed E-state index contributed by atoms with van der Waals surface area (Å²) < 4.78 is 5.16. The van der Waals surface area contributed by atoms with Gasteiger partial charge in [-0.15, -0.1) is 0 Å². The zero-order valence-corrected chi connectivity index (χ0v) is 13.0. The maximum Gasteiger partial charge on any atom is 0.213 e. The highest BCUT2D eigenvalue weighted by Crippen LogP contribution is 2.25. The Morgan fingerprint density at radius 1 is 0.826 bits per heavy atom. The molecule has 2 aromatic carbocycles. The second-order valence-electron chi connectivity index (χ2n) is 5.11. The standard InChI is InChI=1S/C20H18N2O/c1-23-19-14-8-13-18(22-19)15-21-20(16-9-4-2-5-10-16)17-11-6-3-7-12-17/h2-15,20H,1H3. The van der Waals surface area contributed by atoms with Crippen molar-refractivity contribution in [2.45, 2.75) is 6.04 Å². The van der Waals surface area contributed by atoms with Gasteiger partial charge in [0.1, 0.15) is 0 Å². The van der Waals surface area contributed by atoms with E-state index in [1.807, 2.05) is 54.6 Å². The molecule has 0 unspecified atom stereocenters. The lowest BCUT2D eigenvalue weighted by molar-refractivity contribution is 0.397. The van der Waals surface area contributed by atoms with E-state index in [2.05, 4.69) is 29.2 Å². The molecule has 0 amide bonds. The maximum atomic E-state index is 5.16. The third-order valence-electron chi connectivity index (χ3n) is 3.54. The highest BCUT2D eigenvalue weighted by molar-refractivity contribution is 5.77. The molecular weight excluding hydrogens is 284 g/mol. The smallest absolute Gasteiger partial charge is 0.213 e. The van der Waals surface area contributed by atoms with Crippen LogP contribution in [0.5, 0.6) is 5.88 Å². The molecule has 1 aromatic heterocycles. The monoisotopic (exact) mass is 302 g/mol. The molecule has 3 nitrogen and oxygen atoms in total. The first-order valence-electron chi connectivity index (χ1n) is 7.51. The van der Waals surface area contributed by atoms with E-state index in [9.17, 15) is 0 Å². The molecule has 0 aliphatic rings. The fraction of sp³-hybridized carbons (Fsp3) is 0.100. The summed E-state index contributed by atoms with van der Waals surface area (Å²) in [5.74, 6) is 0.588. The van der Waals surface area contributed by atoms with Gasteiger partial charge in [0.2, 0.25) is 5.88 Å². The molecule has 0 aliphatic carbocycles. The summed E-state index contributed by atoms with van der Waals surface area (Å²) in [6.07, 6.45) is 1.80. The average molecular weight is 302 g/mol. The number of aromatic nitrogens is 1. The largest absolute Gasteiger partial charge is 0.481 e. The number of ether oxygens (including phenoxy) is 1. The van der Waals surface area contributed by atoms with Gasteiger partial charge in [-0.25, -0.2) is 4.98 Å². The topological polar surface area (TPSA) is 34.5 Å². The second kappa shape index (κ2) is 7.36. The van der Waals surface area contributed by atoms with E-state index in [1.54, 1.807) is 13.3 Å². The molecule has 0 N–H and O–H groups in total. The Morgan fingerprint density at radius 3 is 2.00 bits per heavy atom. The molecule has 23 heavy (non-hydrogen) atoms. The summed E-state index contributed by atoms with van der Waals surface area (Å²) in [6.45, 7) is 0. The van der Waals surface area contributed by atoms with Crippen molar-refractivity contribution >= 4 is 6.21 Å². The lowest BCUT2D eigenvalue weighted by Gasteiger charge is -2.13. The van der Waals surface area contributed by atoms with Crippen LogP contribution in [-0.4, -0.2) is 18.3 Å². The van der Waals surface area contributed by atoms with Crippen LogP contribution in [0.25, 0.3) is 0 Å². The first-order valence-corrected chi connectivity index (χ1v) is 7.51. The molecule has 0 atom stereocenters. The summed E-state index contributed by atoms with van der Waals surface area (Å²) >= 11 is 0. The molecule has 1 heterocycles. The Bertz CT molecular complexity index is 730. The first kappa shape index (κ1) is 15.0. The number of hydrogen-bond donors (Lipinski definition) is 0. The van der Waals surface area contributed by atoms with E-state index in [1.165, 1.54) is 0 Å². The zero-order valence-electron chi connectivity index (χ0n) is 13.0. The van der Waals surface area contributed by atoms with E-state index < -0.39 is 0 Å². The first-order chi connectivity index (χ1) is 11.4. The molecule has 0 saturated heterocycles. The molecule has 3 heteroatoms. The Hall–Kier alpha value is -2.94. The highest BCUT2D eigenvalue weighted by atomic mass is 16.5. The molecular formula is C20H18N2O. The van der Waals surface area contributed by atoms with Crippen LogP contribution in [0, 0.1) is 0 Å². The summed E-state index contributed by atoms with van der Waals surface area (Å²) in [6, 6.07) is 26.1. The van der Waals surface area contributed by atoms with Crippen molar-refractivity contribution in [1.82, 2.24) is 4.98 Å². The Kier molecular flexibility index (Phi) is 4.79. The van der Waals surface area contributed by atoms with Crippen molar-refractivity contribution in [3.05, 3.63) is 95.7 Å².